The van der Waals surface area contributed by atoms with Gasteiger partial charge in [-0.2, -0.15) is 0 Å². The van der Waals surface area contributed by atoms with Crippen molar-refractivity contribution >= 4 is 15.9 Å². The molecule has 1 aromatic carbocycles. The molecule has 0 radical (unpaired) electrons. The molecule has 1 aliphatic heterocycles. The fourth-order valence-corrected chi connectivity index (χ4v) is 3.07. The highest BCUT2D eigenvalue weighted by molar-refractivity contribution is 9.10. The Morgan fingerprint density at radius 2 is 2.16 bits per heavy atom. The monoisotopic (exact) mass is 331 g/mol. The third kappa shape index (κ3) is 3.34. The maximum atomic E-state index is 13.1. The minimum absolute atomic E-state index is 0.136. The molecule has 1 saturated heterocycles. The van der Waals surface area contributed by atoms with E-state index in [9.17, 15) is 4.39 Å². The predicted octanol–water partition coefficient (Wildman–Crippen LogP) is 2.65. The van der Waals surface area contributed by atoms with Crippen molar-refractivity contribution in [1.82, 2.24) is 0 Å². The van der Waals surface area contributed by atoms with Gasteiger partial charge in [0.1, 0.15) is 5.82 Å². The number of benzene rings is 1. The van der Waals surface area contributed by atoms with Crippen LogP contribution >= 0.6 is 15.9 Å². The Morgan fingerprint density at radius 3 is 2.74 bits per heavy atom. The van der Waals surface area contributed by atoms with Crippen molar-refractivity contribution < 1.29 is 13.9 Å². The van der Waals surface area contributed by atoms with Gasteiger partial charge in [-0.25, -0.2) is 4.39 Å². The molecule has 1 heterocycles. The number of hydrogen-bond acceptors (Lipinski definition) is 3. The highest BCUT2D eigenvalue weighted by Gasteiger charge is 2.38. The van der Waals surface area contributed by atoms with E-state index in [0.29, 0.717) is 19.6 Å². The maximum Gasteiger partial charge on any atom is 0.124 e. The lowest BCUT2D eigenvalue weighted by molar-refractivity contribution is -0.103. The molecule has 1 unspecified atom stereocenters. The molecule has 1 atom stereocenters. The lowest BCUT2D eigenvalue weighted by Gasteiger charge is -2.40. The molecule has 0 bridgehead atoms. The van der Waals surface area contributed by atoms with Gasteiger partial charge in [-0.3, -0.25) is 0 Å². The van der Waals surface area contributed by atoms with Crippen LogP contribution in [0.1, 0.15) is 18.4 Å². The van der Waals surface area contributed by atoms with E-state index >= 15 is 0 Å². The summed E-state index contributed by atoms with van der Waals surface area (Å²) in [5.74, 6) is -0.253. The summed E-state index contributed by atoms with van der Waals surface area (Å²) in [7, 11) is 1.70. The van der Waals surface area contributed by atoms with Crippen LogP contribution < -0.4 is 5.73 Å². The lowest BCUT2D eigenvalue weighted by Crippen LogP contribution is -2.53. The number of ether oxygens (including phenoxy) is 2. The third-order valence-corrected chi connectivity index (χ3v) is 4.61. The molecule has 2 N–H and O–H groups in total. The van der Waals surface area contributed by atoms with Crippen LogP contribution in [0.4, 0.5) is 4.39 Å². The smallest absolute Gasteiger partial charge is 0.124 e. The zero-order valence-electron chi connectivity index (χ0n) is 11.0. The first-order chi connectivity index (χ1) is 9.07. The summed E-state index contributed by atoms with van der Waals surface area (Å²) in [5.41, 5.74) is 6.99. The van der Waals surface area contributed by atoms with Crippen LogP contribution in [0.2, 0.25) is 0 Å². The fourth-order valence-electron chi connectivity index (χ4n) is 2.55. The van der Waals surface area contributed by atoms with Crippen LogP contribution in [0, 0.1) is 5.82 Å². The lowest BCUT2D eigenvalue weighted by atomic mass is 9.83. The van der Waals surface area contributed by atoms with E-state index in [1.54, 1.807) is 13.2 Å². The minimum atomic E-state index is -0.341. The number of nitrogens with two attached hydrogens (primary N) is 1. The first-order valence-electron chi connectivity index (χ1n) is 6.40. The zero-order chi connectivity index (χ0) is 13.9. The van der Waals surface area contributed by atoms with E-state index in [1.807, 2.05) is 0 Å². The van der Waals surface area contributed by atoms with Crippen molar-refractivity contribution in [1.29, 1.82) is 0 Å². The SMILES string of the molecule is COC1(C(N)Cc2ccc(F)cc2Br)CCOCC1. The molecular weight excluding hydrogens is 313 g/mol. The molecule has 0 spiro atoms. The molecule has 0 saturated carbocycles. The second kappa shape index (κ2) is 6.31. The largest absolute Gasteiger partial charge is 0.381 e. The van der Waals surface area contributed by atoms with Gasteiger partial charge in [0.05, 0.1) is 5.60 Å². The molecule has 106 valence electrons. The first-order valence-corrected chi connectivity index (χ1v) is 7.19. The van der Waals surface area contributed by atoms with E-state index in [4.69, 9.17) is 15.2 Å². The number of halogens is 2. The summed E-state index contributed by atoms with van der Waals surface area (Å²) < 4.78 is 24.9. The average Bonchev–Trinajstić information content (AvgIpc) is 2.42. The van der Waals surface area contributed by atoms with Gasteiger partial charge < -0.3 is 15.2 Å². The van der Waals surface area contributed by atoms with Gasteiger partial charge in [0.15, 0.2) is 0 Å². The van der Waals surface area contributed by atoms with E-state index < -0.39 is 0 Å². The summed E-state index contributed by atoms with van der Waals surface area (Å²) >= 11 is 3.38. The maximum absolute atomic E-state index is 13.1. The predicted molar refractivity (Wildman–Crippen MR) is 75.6 cm³/mol. The van der Waals surface area contributed by atoms with Crippen LogP contribution in [0.3, 0.4) is 0 Å². The number of methoxy groups -OCH3 is 1. The fraction of sp³-hybridized carbons (Fsp3) is 0.571. The normalized spacial score (nSPS) is 20.2. The number of rotatable bonds is 4. The Labute approximate surface area is 121 Å². The average molecular weight is 332 g/mol. The quantitative estimate of drug-likeness (QED) is 0.922. The van der Waals surface area contributed by atoms with Crippen molar-refractivity contribution in [2.24, 2.45) is 5.73 Å². The molecule has 0 aliphatic carbocycles. The number of hydrogen-bond donors (Lipinski definition) is 1. The van der Waals surface area contributed by atoms with Crippen LogP contribution in [-0.2, 0) is 15.9 Å². The molecule has 1 fully saturated rings. The molecule has 5 heteroatoms. The Morgan fingerprint density at radius 1 is 1.47 bits per heavy atom. The van der Waals surface area contributed by atoms with Crippen molar-refractivity contribution in [2.45, 2.75) is 30.9 Å². The van der Waals surface area contributed by atoms with E-state index in [2.05, 4.69) is 15.9 Å². The van der Waals surface area contributed by atoms with Gasteiger partial charge in [-0.15, -0.1) is 0 Å². The van der Waals surface area contributed by atoms with E-state index in [0.717, 1.165) is 22.9 Å². The molecule has 2 rings (SSSR count). The minimum Gasteiger partial charge on any atom is -0.381 e. The molecule has 1 aliphatic rings. The van der Waals surface area contributed by atoms with Gasteiger partial charge in [-0.1, -0.05) is 22.0 Å². The second-order valence-electron chi connectivity index (χ2n) is 4.93. The van der Waals surface area contributed by atoms with Crippen LogP contribution in [0.5, 0.6) is 0 Å². The summed E-state index contributed by atoms with van der Waals surface area (Å²) in [6, 6.07) is 4.55. The van der Waals surface area contributed by atoms with Gasteiger partial charge in [0, 0.05) is 43.7 Å². The second-order valence-corrected chi connectivity index (χ2v) is 5.78. The van der Waals surface area contributed by atoms with Crippen LogP contribution in [0.15, 0.2) is 22.7 Å². The Balaban J connectivity index is 2.12. The first kappa shape index (κ1) is 14.9. The highest BCUT2D eigenvalue weighted by atomic mass is 79.9. The van der Waals surface area contributed by atoms with Crippen LogP contribution in [0.25, 0.3) is 0 Å². The standard InChI is InChI=1S/C14H19BrFNO2/c1-18-14(4-6-19-7-5-14)13(17)8-10-2-3-11(16)9-12(10)15/h2-3,9,13H,4-8,17H2,1H3. The third-order valence-electron chi connectivity index (χ3n) is 3.88. The summed E-state index contributed by atoms with van der Waals surface area (Å²) in [5, 5.41) is 0. The van der Waals surface area contributed by atoms with Crippen LogP contribution in [-0.4, -0.2) is 32.0 Å². The summed E-state index contributed by atoms with van der Waals surface area (Å²) in [4.78, 5) is 0. The van der Waals surface area contributed by atoms with Gasteiger partial charge in [0.25, 0.3) is 0 Å². The van der Waals surface area contributed by atoms with Gasteiger partial charge in [0.2, 0.25) is 0 Å². The van der Waals surface area contributed by atoms with Gasteiger partial charge >= 0.3 is 0 Å². The highest BCUT2D eigenvalue weighted by Crippen LogP contribution is 2.30. The van der Waals surface area contributed by atoms with E-state index in [1.165, 1.54) is 12.1 Å². The van der Waals surface area contributed by atoms with Crippen molar-refractivity contribution in [3.8, 4) is 0 Å². The molecule has 3 nitrogen and oxygen atoms in total. The Hall–Kier alpha value is -0.490. The zero-order valence-corrected chi connectivity index (χ0v) is 12.6. The Kier molecular flexibility index (Phi) is 4.95. The summed E-state index contributed by atoms with van der Waals surface area (Å²) in [6.45, 7) is 1.35. The molecule has 1 aromatic rings. The molecule has 0 amide bonds. The van der Waals surface area contributed by atoms with Gasteiger partial charge in [-0.05, 0) is 24.1 Å². The van der Waals surface area contributed by atoms with Crippen molar-refractivity contribution in [3.63, 3.8) is 0 Å². The van der Waals surface area contributed by atoms with Crippen molar-refractivity contribution in [2.75, 3.05) is 20.3 Å². The summed E-state index contributed by atoms with van der Waals surface area (Å²) in [6.07, 6.45) is 2.24. The van der Waals surface area contributed by atoms with E-state index in [-0.39, 0.29) is 17.5 Å². The molecular formula is C14H19BrFNO2. The molecule has 0 aromatic heterocycles. The topological polar surface area (TPSA) is 44.5 Å². The molecule has 19 heavy (non-hydrogen) atoms. The van der Waals surface area contributed by atoms with Crippen molar-refractivity contribution in [3.05, 3.63) is 34.1 Å². The Bertz CT molecular complexity index is 435.